The molecule has 0 aliphatic heterocycles. The van der Waals surface area contributed by atoms with Gasteiger partial charge in [0, 0.05) is 0 Å². The fourth-order valence-corrected chi connectivity index (χ4v) is 1.59. The monoisotopic (exact) mass is 251 g/mol. The summed E-state index contributed by atoms with van der Waals surface area (Å²) in [7, 11) is 0. The van der Waals surface area contributed by atoms with Gasteiger partial charge >= 0.3 is 5.97 Å². The number of rotatable bonds is 5. The molecule has 3 N–H and O–H groups in total. The van der Waals surface area contributed by atoms with E-state index in [2.05, 4.69) is 5.32 Å². The van der Waals surface area contributed by atoms with Gasteiger partial charge in [-0.3, -0.25) is 4.79 Å². The number of hydrogen-bond donors (Lipinski definition) is 3. The van der Waals surface area contributed by atoms with E-state index in [1.807, 2.05) is 32.0 Å². The van der Waals surface area contributed by atoms with E-state index in [0.29, 0.717) is 0 Å². The molecule has 5 nitrogen and oxygen atoms in total. The number of hydrogen-bond acceptors (Lipinski definition) is 3. The van der Waals surface area contributed by atoms with Gasteiger partial charge in [-0.25, -0.2) is 4.79 Å². The van der Waals surface area contributed by atoms with Gasteiger partial charge in [-0.05, 0) is 25.0 Å². The Kier molecular flexibility index (Phi) is 4.85. The normalized spacial score (nSPS) is 11.9. The van der Waals surface area contributed by atoms with E-state index in [9.17, 15) is 9.59 Å². The first kappa shape index (κ1) is 14.2. The molecule has 5 heteroatoms. The van der Waals surface area contributed by atoms with Crippen LogP contribution in [-0.4, -0.2) is 34.7 Å². The molecule has 0 aliphatic carbocycles. The van der Waals surface area contributed by atoms with Crippen molar-refractivity contribution in [2.45, 2.75) is 26.3 Å². The Hall–Kier alpha value is -1.88. The third-order valence-electron chi connectivity index (χ3n) is 2.67. The number of carboxylic acids is 1. The van der Waals surface area contributed by atoms with Crippen LogP contribution < -0.4 is 5.32 Å². The quantitative estimate of drug-likeness (QED) is 0.707. The minimum absolute atomic E-state index is 0.108. The highest BCUT2D eigenvalue weighted by Crippen LogP contribution is 2.11. The first-order valence-electron chi connectivity index (χ1n) is 5.63. The van der Waals surface area contributed by atoms with Gasteiger partial charge in [0.25, 0.3) is 0 Å². The minimum Gasteiger partial charge on any atom is -0.480 e. The molecule has 1 rings (SSSR count). The zero-order chi connectivity index (χ0) is 13.7. The van der Waals surface area contributed by atoms with Crippen molar-refractivity contribution < 1.29 is 19.8 Å². The van der Waals surface area contributed by atoms with Crippen LogP contribution in [0, 0.1) is 13.8 Å². The Morgan fingerprint density at radius 2 is 2.00 bits per heavy atom. The molecule has 0 bridgehead atoms. The third kappa shape index (κ3) is 3.85. The number of nitrogens with one attached hydrogen (secondary N) is 1. The number of aliphatic hydroxyl groups is 1. The zero-order valence-corrected chi connectivity index (χ0v) is 10.4. The molecule has 1 aromatic rings. The fourth-order valence-electron chi connectivity index (χ4n) is 1.59. The van der Waals surface area contributed by atoms with Crippen molar-refractivity contribution in [3.05, 3.63) is 34.9 Å². The molecule has 1 atom stereocenters. The van der Waals surface area contributed by atoms with Gasteiger partial charge < -0.3 is 15.5 Å². The highest BCUT2D eigenvalue weighted by molar-refractivity contribution is 5.85. The molecule has 0 saturated heterocycles. The molecular weight excluding hydrogens is 234 g/mol. The van der Waals surface area contributed by atoms with E-state index in [1.165, 1.54) is 0 Å². The van der Waals surface area contributed by atoms with Gasteiger partial charge in [-0.2, -0.15) is 0 Å². The predicted octanol–water partition coefficient (Wildman–Crippen LogP) is 0.408. The number of aliphatic carboxylic acids is 1. The highest BCUT2D eigenvalue weighted by Gasteiger charge is 2.18. The van der Waals surface area contributed by atoms with Crippen LogP contribution in [0.15, 0.2) is 18.2 Å². The standard InChI is InChI=1S/C13H17NO4/c1-8-3-4-9(2)10(5-8)6-12(16)14-11(7-15)13(17)18/h3-5,11,15H,6-7H2,1-2H3,(H,14,16)(H,17,18)/t11-/m0/s1. The van der Waals surface area contributed by atoms with Gasteiger partial charge in [0.2, 0.25) is 5.91 Å². The molecule has 0 heterocycles. The second kappa shape index (κ2) is 6.16. The lowest BCUT2D eigenvalue weighted by molar-refractivity contribution is -0.142. The highest BCUT2D eigenvalue weighted by atomic mass is 16.4. The van der Waals surface area contributed by atoms with Crippen molar-refractivity contribution >= 4 is 11.9 Å². The topological polar surface area (TPSA) is 86.6 Å². The van der Waals surface area contributed by atoms with Crippen molar-refractivity contribution in [1.82, 2.24) is 5.32 Å². The van der Waals surface area contributed by atoms with E-state index < -0.39 is 24.5 Å². The maximum absolute atomic E-state index is 11.7. The Labute approximate surface area is 105 Å². The lowest BCUT2D eigenvalue weighted by atomic mass is 10.0. The summed E-state index contributed by atoms with van der Waals surface area (Å²) in [6.45, 7) is 3.20. The molecule has 0 radical (unpaired) electrons. The van der Waals surface area contributed by atoms with Crippen LogP contribution >= 0.6 is 0 Å². The summed E-state index contributed by atoms with van der Waals surface area (Å²) >= 11 is 0. The van der Waals surface area contributed by atoms with Crippen LogP contribution in [-0.2, 0) is 16.0 Å². The molecule has 18 heavy (non-hydrogen) atoms. The van der Waals surface area contributed by atoms with E-state index >= 15 is 0 Å². The smallest absolute Gasteiger partial charge is 0.328 e. The van der Waals surface area contributed by atoms with Crippen LogP contribution in [0.25, 0.3) is 0 Å². The average molecular weight is 251 g/mol. The Bertz CT molecular complexity index is 456. The number of benzene rings is 1. The van der Waals surface area contributed by atoms with Crippen LogP contribution in [0.5, 0.6) is 0 Å². The maximum atomic E-state index is 11.7. The lowest BCUT2D eigenvalue weighted by Crippen LogP contribution is -2.44. The Morgan fingerprint density at radius 3 is 2.56 bits per heavy atom. The summed E-state index contributed by atoms with van der Waals surface area (Å²) in [4.78, 5) is 22.3. The van der Waals surface area contributed by atoms with Gasteiger partial charge in [-0.15, -0.1) is 0 Å². The van der Waals surface area contributed by atoms with Gasteiger partial charge in [0.1, 0.15) is 6.04 Å². The van der Waals surface area contributed by atoms with Crippen LogP contribution in [0.2, 0.25) is 0 Å². The summed E-state index contributed by atoms with van der Waals surface area (Å²) < 4.78 is 0. The summed E-state index contributed by atoms with van der Waals surface area (Å²) in [6.07, 6.45) is 0.108. The minimum atomic E-state index is -1.25. The molecule has 0 fully saturated rings. The van der Waals surface area contributed by atoms with Gasteiger partial charge in [0.15, 0.2) is 0 Å². The molecule has 1 amide bonds. The summed E-state index contributed by atoms with van der Waals surface area (Å²) in [5.41, 5.74) is 2.88. The Morgan fingerprint density at radius 1 is 1.33 bits per heavy atom. The number of amides is 1. The van der Waals surface area contributed by atoms with Gasteiger partial charge in [0.05, 0.1) is 13.0 Å². The number of carbonyl (C=O) groups is 2. The van der Waals surface area contributed by atoms with Crippen LogP contribution in [0.4, 0.5) is 0 Å². The number of aliphatic hydroxyl groups excluding tert-OH is 1. The first-order valence-corrected chi connectivity index (χ1v) is 5.63. The molecular formula is C13H17NO4. The lowest BCUT2D eigenvalue weighted by Gasteiger charge is -2.12. The molecule has 98 valence electrons. The Balaban J connectivity index is 2.70. The second-order valence-corrected chi connectivity index (χ2v) is 4.25. The number of carboxylic acid groups (broad SMARTS) is 1. The van der Waals surface area contributed by atoms with Crippen molar-refractivity contribution in [3.8, 4) is 0 Å². The van der Waals surface area contributed by atoms with Crippen molar-refractivity contribution in [3.63, 3.8) is 0 Å². The van der Waals surface area contributed by atoms with Crippen LogP contribution in [0.3, 0.4) is 0 Å². The average Bonchev–Trinajstić information content (AvgIpc) is 2.30. The predicted molar refractivity (Wildman–Crippen MR) is 66.3 cm³/mol. The summed E-state index contributed by atoms with van der Waals surface area (Å²) in [6, 6.07) is 4.51. The molecule has 0 aliphatic rings. The maximum Gasteiger partial charge on any atom is 0.328 e. The fraction of sp³-hybridized carbons (Fsp3) is 0.385. The van der Waals surface area contributed by atoms with Gasteiger partial charge in [-0.1, -0.05) is 23.8 Å². The molecule has 1 aromatic carbocycles. The zero-order valence-electron chi connectivity index (χ0n) is 10.4. The summed E-state index contributed by atoms with van der Waals surface area (Å²) in [5, 5.41) is 19.8. The first-order chi connectivity index (χ1) is 8.43. The number of carbonyl (C=O) groups excluding carboxylic acids is 1. The SMILES string of the molecule is Cc1ccc(C)c(CC(=O)N[C@@H](CO)C(=O)O)c1. The third-order valence-corrected chi connectivity index (χ3v) is 2.67. The molecule has 0 saturated carbocycles. The molecule has 0 unspecified atom stereocenters. The van der Waals surface area contributed by atoms with Crippen molar-refractivity contribution in [2.75, 3.05) is 6.61 Å². The molecule has 0 spiro atoms. The van der Waals surface area contributed by atoms with Crippen molar-refractivity contribution in [2.24, 2.45) is 0 Å². The van der Waals surface area contributed by atoms with Crippen molar-refractivity contribution in [1.29, 1.82) is 0 Å². The summed E-state index contributed by atoms with van der Waals surface area (Å²) in [5.74, 6) is -1.66. The molecule has 0 aromatic heterocycles. The van der Waals surface area contributed by atoms with E-state index in [0.717, 1.165) is 16.7 Å². The number of aryl methyl sites for hydroxylation is 2. The second-order valence-electron chi connectivity index (χ2n) is 4.25. The van der Waals surface area contributed by atoms with Crippen LogP contribution in [0.1, 0.15) is 16.7 Å². The largest absolute Gasteiger partial charge is 0.480 e. The van der Waals surface area contributed by atoms with E-state index in [-0.39, 0.29) is 6.42 Å². The van der Waals surface area contributed by atoms with E-state index in [4.69, 9.17) is 10.2 Å². The van der Waals surface area contributed by atoms with E-state index in [1.54, 1.807) is 0 Å².